The molecule has 0 fully saturated rings. The van der Waals surface area contributed by atoms with Crippen LogP contribution in [0.5, 0.6) is 0 Å². The highest BCUT2D eigenvalue weighted by Crippen LogP contribution is 2.23. The molecule has 6 heteroatoms. The number of allylic oxidation sites excluding steroid dienone is 1. The lowest BCUT2D eigenvalue weighted by molar-refractivity contribution is 0.388. The van der Waals surface area contributed by atoms with Crippen LogP contribution in [0.15, 0.2) is 18.3 Å². The van der Waals surface area contributed by atoms with E-state index in [0.29, 0.717) is 0 Å². The highest BCUT2D eigenvalue weighted by atomic mass is 19.1. The summed E-state index contributed by atoms with van der Waals surface area (Å²) in [6.07, 6.45) is 0.848. The fourth-order valence-electron chi connectivity index (χ4n) is 2.17. The number of halogens is 1. The van der Waals surface area contributed by atoms with Crippen LogP contribution in [-0.4, -0.2) is 17.1 Å². The average molecular weight is 319 g/mol. The first-order valence-electron chi connectivity index (χ1n) is 7.60. The molecule has 0 aliphatic rings. The molecule has 0 aliphatic heterocycles. The number of rotatable bonds is 6. The Morgan fingerprint density at radius 3 is 2.57 bits per heavy atom. The van der Waals surface area contributed by atoms with Gasteiger partial charge in [-0.1, -0.05) is 27.4 Å². The summed E-state index contributed by atoms with van der Waals surface area (Å²) in [5.74, 6) is -0.534. The van der Waals surface area contributed by atoms with E-state index in [-0.39, 0.29) is 34.7 Å². The molecule has 1 aromatic rings. The third-order valence-corrected chi connectivity index (χ3v) is 3.42. The Hall–Kier alpha value is -2.29. The van der Waals surface area contributed by atoms with Crippen molar-refractivity contribution in [3.63, 3.8) is 0 Å². The molecule has 2 atom stereocenters. The minimum Gasteiger partial charge on any atom is -0.384 e. The number of nitriles is 1. The first kappa shape index (κ1) is 18.8. The fourth-order valence-corrected chi connectivity index (χ4v) is 2.17. The van der Waals surface area contributed by atoms with E-state index in [0.717, 1.165) is 18.2 Å². The van der Waals surface area contributed by atoms with Gasteiger partial charge in [0.1, 0.15) is 11.9 Å². The number of nitrogens with zero attached hydrogens (tertiary/aromatic N) is 2. The summed E-state index contributed by atoms with van der Waals surface area (Å²) in [5.41, 5.74) is 6.75. The maximum Gasteiger partial charge on any atom is 0.166 e. The molecule has 0 amide bonds. The van der Waals surface area contributed by atoms with Crippen LogP contribution in [0.4, 0.5) is 16.0 Å². The highest BCUT2D eigenvalue weighted by molar-refractivity contribution is 5.55. The minimum atomic E-state index is -0.594. The van der Waals surface area contributed by atoms with Crippen LogP contribution in [0.2, 0.25) is 0 Å². The van der Waals surface area contributed by atoms with Crippen LogP contribution in [-0.2, 0) is 0 Å². The molecule has 0 aromatic carbocycles. The molecule has 0 saturated heterocycles. The summed E-state index contributed by atoms with van der Waals surface area (Å²) in [5, 5.41) is 15.1. The number of nitrogen functional groups attached to an aromatic ring is 1. The summed E-state index contributed by atoms with van der Waals surface area (Å²) in [6.45, 7) is 14.4. The van der Waals surface area contributed by atoms with Gasteiger partial charge in [-0.3, -0.25) is 0 Å². The molecule has 1 unspecified atom stereocenters. The Bertz CT molecular complexity index is 613. The molecular formula is C17H26FN5. The molecule has 23 heavy (non-hydrogen) atoms. The summed E-state index contributed by atoms with van der Waals surface area (Å²) < 4.78 is 14.0. The minimum absolute atomic E-state index is 0.0151. The van der Waals surface area contributed by atoms with Crippen molar-refractivity contribution in [1.29, 1.82) is 5.26 Å². The molecule has 5 nitrogen and oxygen atoms in total. The van der Waals surface area contributed by atoms with Crippen molar-refractivity contribution >= 4 is 11.6 Å². The summed E-state index contributed by atoms with van der Waals surface area (Å²) in [7, 11) is 0. The normalized spacial score (nSPS) is 13.8. The molecule has 1 rings (SSSR count). The average Bonchev–Trinajstić information content (AvgIpc) is 2.39. The number of pyridine rings is 1. The molecule has 4 N–H and O–H groups in total. The van der Waals surface area contributed by atoms with Gasteiger partial charge >= 0.3 is 0 Å². The number of nitrogens with two attached hydrogens (primary N) is 1. The standard InChI is InChI=1S/C17H26FN5/c1-10(8-17(4,5)6)21-11(2)12(3)22-16-14(18)7-13(9-19)15(20)23-16/h7,11-12,21H,1,8H2,2-6H3,(H3,20,22,23)/t11-,12?/m0/s1. The number of hydrogen-bond acceptors (Lipinski definition) is 5. The third kappa shape index (κ3) is 5.78. The van der Waals surface area contributed by atoms with E-state index in [4.69, 9.17) is 11.0 Å². The van der Waals surface area contributed by atoms with Crippen LogP contribution in [0, 0.1) is 22.6 Å². The molecule has 1 heterocycles. The van der Waals surface area contributed by atoms with Crippen molar-refractivity contribution < 1.29 is 4.39 Å². The third-order valence-electron chi connectivity index (χ3n) is 3.42. The van der Waals surface area contributed by atoms with Gasteiger partial charge in [0.05, 0.1) is 5.56 Å². The van der Waals surface area contributed by atoms with E-state index in [1.54, 1.807) is 0 Å². The maximum atomic E-state index is 14.0. The predicted molar refractivity (Wildman–Crippen MR) is 92.2 cm³/mol. The van der Waals surface area contributed by atoms with Gasteiger partial charge in [0.25, 0.3) is 0 Å². The van der Waals surface area contributed by atoms with E-state index in [2.05, 4.69) is 43.0 Å². The van der Waals surface area contributed by atoms with E-state index in [1.165, 1.54) is 0 Å². The molecular weight excluding hydrogens is 293 g/mol. The van der Waals surface area contributed by atoms with E-state index >= 15 is 0 Å². The van der Waals surface area contributed by atoms with Gasteiger partial charge in [-0.2, -0.15) is 5.26 Å². The lowest BCUT2D eigenvalue weighted by atomic mass is 9.90. The summed E-state index contributed by atoms with van der Waals surface area (Å²) >= 11 is 0. The van der Waals surface area contributed by atoms with Crippen molar-refractivity contribution in [2.45, 2.75) is 53.1 Å². The molecule has 0 bridgehead atoms. The van der Waals surface area contributed by atoms with Crippen molar-refractivity contribution in [3.05, 3.63) is 29.7 Å². The molecule has 126 valence electrons. The van der Waals surface area contributed by atoms with Gasteiger partial charge in [-0.25, -0.2) is 9.37 Å². The Balaban J connectivity index is 2.72. The quantitative estimate of drug-likeness (QED) is 0.748. The van der Waals surface area contributed by atoms with Gasteiger partial charge in [-0.15, -0.1) is 0 Å². The van der Waals surface area contributed by atoms with Crippen molar-refractivity contribution in [1.82, 2.24) is 10.3 Å². The smallest absolute Gasteiger partial charge is 0.166 e. The number of aromatic nitrogens is 1. The van der Waals surface area contributed by atoms with E-state index < -0.39 is 5.82 Å². The van der Waals surface area contributed by atoms with Crippen LogP contribution in [0.1, 0.15) is 46.6 Å². The lowest BCUT2D eigenvalue weighted by Crippen LogP contribution is -2.40. The van der Waals surface area contributed by atoms with Gasteiger partial charge in [0.2, 0.25) is 0 Å². The zero-order valence-electron chi connectivity index (χ0n) is 14.5. The Morgan fingerprint density at radius 1 is 1.43 bits per heavy atom. The first-order chi connectivity index (χ1) is 10.5. The highest BCUT2D eigenvalue weighted by Gasteiger charge is 2.18. The van der Waals surface area contributed by atoms with Gasteiger partial charge in [0.15, 0.2) is 11.6 Å². The number of anilines is 2. The van der Waals surface area contributed by atoms with Crippen molar-refractivity contribution in [2.24, 2.45) is 5.41 Å². The molecule has 0 aliphatic carbocycles. The summed E-state index contributed by atoms with van der Waals surface area (Å²) in [4.78, 5) is 3.92. The second-order valence-electron chi connectivity index (χ2n) is 7.07. The van der Waals surface area contributed by atoms with Crippen molar-refractivity contribution in [3.8, 4) is 6.07 Å². The summed E-state index contributed by atoms with van der Waals surface area (Å²) in [6, 6.07) is 2.81. The second-order valence-corrected chi connectivity index (χ2v) is 7.07. The largest absolute Gasteiger partial charge is 0.384 e. The van der Waals surface area contributed by atoms with Gasteiger partial charge < -0.3 is 16.4 Å². The van der Waals surface area contributed by atoms with Crippen LogP contribution < -0.4 is 16.4 Å². The van der Waals surface area contributed by atoms with E-state index in [9.17, 15) is 4.39 Å². The van der Waals surface area contributed by atoms with Gasteiger partial charge in [-0.05, 0) is 31.7 Å². The number of hydrogen-bond donors (Lipinski definition) is 3. The first-order valence-corrected chi connectivity index (χ1v) is 7.60. The molecule has 0 saturated carbocycles. The lowest BCUT2D eigenvalue weighted by Gasteiger charge is -2.28. The Morgan fingerprint density at radius 2 is 2.04 bits per heavy atom. The van der Waals surface area contributed by atoms with E-state index in [1.807, 2.05) is 19.9 Å². The van der Waals surface area contributed by atoms with Crippen LogP contribution >= 0.6 is 0 Å². The topological polar surface area (TPSA) is 86.8 Å². The zero-order chi connectivity index (χ0) is 17.8. The zero-order valence-corrected chi connectivity index (χ0v) is 14.5. The monoisotopic (exact) mass is 319 g/mol. The molecule has 0 radical (unpaired) electrons. The fraction of sp³-hybridized carbons (Fsp3) is 0.529. The Labute approximate surface area is 137 Å². The maximum absolute atomic E-state index is 14.0. The molecule has 0 spiro atoms. The SMILES string of the molecule is C=C(CC(C)(C)C)N[C@@H](C)C(C)Nc1nc(N)c(C#N)cc1F. The van der Waals surface area contributed by atoms with Gasteiger partial charge in [0, 0.05) is 17.8 Å². The second kappa shape index (κ2) is 7.32. The van der Waals surface area contributed by atoms with Crippen LogP contribution in [0.25, 0.3) is 0 Å². The number of nitrogens with one attached hydrogen (secondary N) is 2. The predicted octanol–water partition coefficient (Wildman–Crippen LogP) is 3.40. The van der Waals surface area contributed by atoms with Crippen molar-refractivity contribution in [2.75, 3.05) is 11.1 Å². The van der Waals surface area contributed by atoms with Crippen LogP contribution in [0.3, 0.4) is 0 Å². The Kier molecular flexibility index (Phi) is 5.97. The molecule has 1 aromatic heterocycles.